The van der Waals surface area contributed by atoms with Crippen LogP contribution < -0.4 is 10.5 Å². The topological polar surface area (TPSA) is 55.5 Å². The monoisotopic (exact) mass is 255 g/mol. The minimum atomic E-state index is -0.721. The molecule has 0 radical (unpaired) electrons. The van der Waals surface area contributed by atoms with Gasteiger partial charge in [-0.2, -0.15) is 0 Å². The number of hydrogen-bond donors (Lipinski definition) is 2. The summed E-state index contributed by atoms with van der Waals surface area (Å²) >= 11 is 6.16. The van der Waals surface area contributed by atoms with Crippen LogP contribution in [0.5, 0.6) is 5.75 Å². The maximum atomic E-state index is 9.88. The van der Waals surface area contributed by atoms with Crippen molar-refractivity contribution in [2.24, 2.45) is 11.7 Å². The number of aliphatic hydroxyl groups is 1. The van der Waals surface area contributed by atoms with Crippen LogP contribution in [-0.2, 0) is 0 Å². The second kappa shape index (κ2) is 5.25. The van der Waals surface area contributed by atoms with E-state index < -0.39 is 6.10 Å². The highest BCUT2D eigenvalue weighted by atomic mass is 35.5. The minimum Gasteiger partial charge on any atom is -0.491 e. The molecule has 1 fully saturated rings. The van der Waals surface area contributed by atoms with Crippen LogP contribution in [0.25, 0.3) is 0 Å². The molecule has 1 aromatic rings. The molecule has 0 bridgehead atoms. The van der Waals surface area contributed by atoms with Gasteiger partial charge in [0.15, 0.2) is 0 Å². The fraction of sp³-hybridized carbons (Fsp3) is 0.538. The largest absolute Gasteiger partial charge is 0.491 e. The quantitative estimate of drug-likeness (QED) is 0.850. The second-order valence-corrected chi connectivity index (χ2v) is 5.08. The molecule has 4 heteroatoms. The molecule has 17 heavy (non-hydrogen) atoms. The maximum Gasteiger partial charge on any atom is 0.143 e. The molecular formula is C13H18ClNO2. The average molecular weight is 256 g/mol. The summed E-state index contributed by atoms with van der Waals surface area (Å²) in [6.07, 6.45) is 1.72. The fourth-order valence-corrected chi connectivity index (χ4v) is 2.10. The Morgan fingerprint density at radius 2 is 2.24 bits per heavy atom. The normalized spacial score (nSPS) is 16.9. The summed E-state index contributed by atoms with van der Waals surface area (Å²) in [7, 11) is 0. The third kappa shape index (κ3) is 3.12. The number of halogens is 1. The zero-order chi connectivity index (χ0) is 12.4. The van der Waals surface area contributed by atoms with Crippen LogP contribution >= 0.6 is 11.6 Å². The van der Waals surface area contributed by atoms with Crippen molar-refractivity contribution in [3.05, 3.63) is 28.3 Å². The molecule has 0 saturated heterocycles. The van der Waals surface area contributed by atoms with E-state index in [2.05, 4.69) is 0 Å². The Bertz CT molecular complexity index is 405. The third-order valence-corrected chi connectivity index (χ3v) is 3.24. The summed E-state index contributed by atoms with van der Waals surface area (Å²) in [5.41, 5.74) is 7.18. The zero-order valence-electron chi connectivity index (χ0n) is 9.95. The first kappa shape index (κ1) is 12.7. The molecule has 0 spiro atoms. The van der Waals surface area contributed by atoms with Crippen LogP contribution in [0, 0.1) is 12.8 Å². The smallest absolute Gasteiger partial charge is 0.143 e. The average Bonchev–Trinajstić information content (AvgIpc) is 3.09. The molecule has 0 aliphatic heterocycles. The Balaban J connectivity index is 2.24. The van der Waals surface area contributed by atoms with E-state index in [9.17, 15) is 5.11 Å². The van der Waals surface area contributed by atoms with Gasteiger partial charge in [0, 0.05) is 12.1 Å². The Morgan fingerprint density at radius 1 is 1.53 bits per heavy atom. The third-order valence-electron chi connectivity index (χ3n) is 2.96. The number of benzene rings is 1. The second-order valence-electron chi connectivity index (χ2n) is 4.67. The van der Waals surface area contributed by atoms with Gasteiger partial charge < -0.3 is 15.6 Å². The lowest BCUT2D eigenvalue weighted by atomic mass is 10.1. The summed E-state index contributed by atoms with van der Waals surface area (Å²) in [6.45, 7) is 2.77. The van der Waals surface area contributed by atoms with Gasteiger partial charge in [-0.05, 0) is 43.4 Å². The van der Waals surface area contributed by atoms with Gasteiger partial charge >= 0.3 is 0 Å². The molecule has 1 saturated carbocycles. The lowest BCUT2D eigenvalue weighted by Gasteiger charge is -2.17. The number of hydrogen-bond acceptors (Lipinski definition) is 3. The Kier molecular flexibility index (Phi) is 3.92. The van der Waals surface area contributed by atoms with Gasteiger partial charge in [-0.25, -0.2) is 0 Å². The molecule has 2 rings (SSSR count). The van der Waals surface area contributed by atoms with Crippen LogP contribution in [-0.4, -0.2) is 18.3 Å². The van der Waals surface area contributed by atoms with Gasteiger partial charge in [0.05, 0.1) is 17.7 Å². The van der Waals surface area contributed by atoms with Gasteiger partial charge in [-0.3, -0.25) is 0 Å². The van der Waals surface area contributed by atoms with Crippen molar-refractivity contribution in [1.82, 2.24) is 0 Å². The van der Waals surface area contributed by atoms with Crippen LogP contribution in [0.1, 0.15) is 30.1 Å². The molecule has 1 aliphatic carbocycles. The predicted molar refractivity (Wildman–Crippen MR) is 68.4 cm³/mol. The molecule has 1 unspecified atom stereocenters. The van der Waals surface area contributed by atoms with Crippen molar-refractivity contribution in [3.63, 3.8) is 0 Å². The number of aliphatic hydroxyl groups excluding tert-OH is 1. The highest BCUT2D eigenvalue weighted by Crippen LogP contribution is 2.36. The van der Waals surface area contributed by atoms with Crippen molar-refractivity contribution < 1.29 is 9.84 Å². The maximum absolute atomic E-state index is 9.88. The van der Waals surface area contributed by atoms with Crippen molar-refractivity contribution in [2.45, 2.75) is 25.9 Å². The van der Waals surface area contributed by atoms with E-state index in [1.54, 1.807) is 0 Å². The first-order valence-corrected chi connectivity index (χ1v) is 6.30. The molecule has 1 aromatic carbocycles. The SMILES string of the molecule is Cc1cc(Cl)c(OCC2CC2)c(C(O)CN)c1. The summed E-state index contributed by atoms with van der Waals surface area (Å²) < 4.78 is 5.72. The van der Waals surface area contributed by atoms with Crippen LogP contribution in [0.4, 0.5) is 0 Å². The lowest BCUT2D eigenvalue weighted by Crippen LogP contribution is -2.14. The number of ether oxygens (including phenoxy) is 1. The summed E-state index contributed by atoms with van der Waals surface area (Å²) in [5.74, 6) is 1.23. The standard InChI is InChI=1S/C13H18ClNO2/c1-8-4-10(12(16)6-15)13(11(14)5-8)17-7-9-2-3-9/h4-5,9,12,16H,2-3,6-7,15H2,1H3. The number of nitrogens with two attached hydrogens (primary N) is 1. The molecule has 3 nitrogen and oxygen atoms in total. The van der Waals surface area contributed by atoms with E-state index in [0.29, 0.717) is 28.9 Å². The fourth-order valence-electron chi connectivity index (χ4n) is 1.77. The van der Waals surface area contributed by atoms with Crippen LogP contribution in [0.15, 0.2) is 12.1 Å². The molecule has 1 aliphatic rings. The van der Waals surface area contributed by atoms with Crippen molar-refractivity contribution in [2.75, 3.05) is 13.2 Å². The molecule has 0 aromatic heterocycles. The van der Waals surface area contributed by atoms with E-state index >= 15 is 0 Å². The molecule has 94 valence electrons. The van der Waals surface area contributed by atoms with Crippen molar-refractivity contribution >= 4 is 11.6 Å². The van der Waals surface area contributed by atoms with E-state index in [4.69, 9.17) is 22.1 Å². The summed E-state index contributed by atoms with van der Waals surface area (Å²) in [4.78, 5) is 0. The lowest BCUT2D eigenvalue weighted by molar-refractivity contribution is 0.178. The van der Waals surface area contributed by atoms with Gasteiger partial charge in [0.1, 0.15) is 5.75 Å². The highest BCUT2D eigenvalue weighted by Gasteiger charge is 2.24. The molecule has 3 N–H and O–H groups in total. The molecule has 0 heterocycles. The molecular weight excluding hydrogens is 238 g/mol. The Labute approximate surface area is 107 Å². The van der Waals surface area contributed by atoms with Crippen molar-refractivity contribution in [3.8, 4) is 5.75 Å². The summed E-state index contributed by atoms with van der Waals surface area (Å²) in [6, 6.07) is 3.72. The number of aryl methyl sites for hydroxylation is 1. The van der Waals surface area contributed by atoms with Crippen molar-refractivity contribution in [1.29, 1.82) is 0 Å². The Morgan fingerprint density at radius 3 is 2.82 bits per heavy atom. The highest BCUT2D eigenvalue weighted by molar-refractivity contribution is 6.32. The molecule has 1 atom stereocenters. The predicted octanol–water partition coefficient (Wildman–Crippen LogP) is 2.43. The van der Waals surface area contributed by atoms with Crippen LogP contribution in [0.3, 0.4) is 0 Å². The van der Waals surface area contributed by atoms with E-state index in [0.717, 1.165) is 5.56 Å². The first-order valence-electron chi connectivity index (χ1n) is 5.92. The minimum absolute atomic E-state index is 0.166. The summed E-state index contributed by atoms with van der Waals surface area (Å²) in [5, 5.41) is 10.4. The first-order chi connectivity index (χ1) is 8.11. The molecule has 0 amide bonds. The van der Waals surface area contributed by atoms with E-state index in [1.807, 2.05) is 19.1 Å². The van der Waals surface area contributed by atoms with E-state index in [-0.39, 0.29) is 6.54 Å². The van der Waals surface area contributed by atoms with Gasteiger partial charge in [0.2, 0.25) is 0 Å². The van der Waals surface area contributed by atoms with Gasteiger partial charge in [-0.1, -0.05) is 11.6 Å². The number of rotatable bonds is 5. The van der Waals surface area contributed by atoms with E-state index in [1.165, 1.54) is 12.8 Å². The zero-order valence-corrected chi connectivity index (χ0v) is 10.7. The van der Waals surface area contributed by atoms with Gasteiger partial charge in [-0.15, -0.1) is 0 Å². The Hall–Kier alpha value is -0.770. The van der Waals surface area contributed by atoms with Gasteiger partial charge in [0.25, 0.3) is 0 Å². The van der Waals surface area contributed by atoms with Crippen LogP contribution in [0.2, 0.25) is 5.02 Å².